The second-order valence-electron chi connectivity index (χ2n) is 6.85. The molecule has 3 rings (SSSR count). The van der Waals surface area contributed by atoms with E-state index in [1.54, 1.807) is 11.9 Å². The highest BCUT2D eigenvalue weighted by Gasteiger charge is 2.15. The van der Waals surface area contributed by atoms with Crippen LogP contribution in [0.25, 0.3) is 0 Å². The van der Waals surface area contributed by atoms with Crippen molar-refractivity contribution in [1.29, 1.82) is 0 Å². The zero-order valence-corrected chi connectivity index (χ0v) is 17.1. The normalized spacial score (nSPS) is 11.4. The highest BCUT2D eigenvalue weighted by atomic mass is 16.2. The van der Waals surface area contributed by atoms with Gasteiger partial charge in [0.1, 0.15) is 5.82 Å². The predicted octanol–water partition coefficient (Wildman–Crippen LogP) is 3.47. The summed E-state index contributed by atoms with van der Waals surface area (Å²) in [5.41, 5.74) is 8.26. The number of primary amides is 1. The van der Waals surface area contributed by atoms with Crippen molar-refractivity contribution in [1.82, 2.24) is 9.97 Å². The summed E-state index contributed by atoms with van der Waals surface area (Å²) in [5, 5.41) is 6.34. The Morgan fingerprint density at radius 3 is 2.33 bits per heavy atom. The summed E-state index contributed by atoms with van der Waals surface area (Å²) in [5.74, 6) is 0.00462. The van der Waals surface area contributed by atoms with E-state index in [0.717, 1.165) is 16.9 Å². The van der Waals surface area contributed by atoms with Crippen molar-refractivity contribution in [2.24, 2.45) is 5.73 Å². The van der Waals surface area contributed by atoms with Gasteiger partial charge >= 0.3 is 0 Å². The van der Waals surface area contributed by atoms with Gasteiger partial charge in [-0.1, -0.05) is 30.3 Å². The number of benzene rings is 2. The van der Waals surface area contributed by atoms with Crippen molar-refractivity contribution in [3.05, 3.63) is 71.9 Å². The summed E-state index contributed by atoms with van der Waals surface area (Å²) < 4.78 is 0. The summed E-state index contributed by atoms with van der Waals surface area (Å²) in [6.07, 6.45) is 1.40. The molecule has 1 atom stereocenters. The highest BCUT2D eigenvalue weighted by Crippen LogP contribution is 2.23. The number of carbonyl (C=O) groups excluding carboxylic acids is 2. The molecule has 8 heteroatoms. The van der Waals surface area contributed by atoms with Crippen LogP contribution in [0.4, 0.5) is 23.1 Å². The molecule has 30 heavy (non-hydrogen) atoms. The molecular weight excluding hydrogens is 380 g/mol. The second-order valence-corrected chi connectivity index (χ2v) is 6.85. The van der Waals surface area contributed by atoms with E-state index >= 15 is 0 Å². The lowest BCUT2D eigenvalue weighted by atomic mass is 10.1. The Balaban J connectivity index is 1.82. The maximum Gasteiger partial charge on any atom is 0.254 e. The number of carbonyl (C=O) groups is 2. The Morgan fingerprint density at radius 1 is 1.07 bits per heavy atom. The summed E-state index contributed by atoms with van der Waals surface area (Å²) >= 11 is 0. The Kier molecular flexibility index (Phi) is 6.26. The quantitative estimate of drug-likeness (QED) is 0.556. The molecule has 0 bridgehead atoms. The van der Waals surface area contributed by atoms with Gasteiger partial charge < -0.3 is 21.3 Å². The number of hydrogen-bond acceptors (Lipinski definition) is 6. The molecule has 3 aromatic rings. The lowest BCUT2D eigenvalue weighted by molar-refractivity contribution is -0.116. The summed E-state index contributed by atoms with van der Waals surface area (Å²) in [6.45, 7) is 3.48. The number of rotatable bonds is 7. The number of nitrogens with two attached hydrogens (primary N) is 1. The Hall–Kier alpha value is -3.94. The monoisotopic (exact) mass is 404 g/mol. The number of anilines is 4. The van der Waals surface area contributed by atoms with Crippen LogP contribution in [0.3, 0.4) is 0 Å². The summed E-state index contributed by atoms with van der Waals surface area (Å²) in [4.78, 5) is 33.5. The van der Waals surface area contributed by atoms with E-state index in [1.807, 2.05) is 61.5 Å². The van der Waals surface area contributed by atoms with Gasteiger partial charge in [-0.3, -0.25) is 9.59 Å². The summed E-state index contributed by atoms with van der Waals surface area (Å²) in [7, 11) is 1.71. The fourth-order valence-electron chi connectivity index (χ4n) is 2.84. The van der Waals surface area contributed by atoms with Crippen LogP contribution in [0.5, 0.6) is 0 Å². The van der Waals surface area contributed by atoms with Gasteiger partial charge in [0, 0.05) is 37.6 Å². The van der Waals surface area contributed by atoms with Gasteiger partial charge in [-0.25, -0.2) is 4.98 Å². The third-order valence-electron chi connectivity index (χ3n) is 4.69. The first-order valence-corrected chi connectivity index (χ1v) is 9.45. The van der Waals surface area contributed by atoms with Crippen molar-refractivity contribution in [3.63, 3.8) is 0 Å². The number of amides is 2. The SMILES string of the molecule is CC(=O)N(C)c1ccc(Nc2ncc(C(N)=O)c(N[C@@H](C)c3ccccc3)n2)cc1. The molecule has 154 valence electrons. The number of nitrogens with one attached hydrogen (secondary N) is 2. The number of aromatic nitrogens is 2. The molecule has 2 aromatic carbocycles. The van der Waals surface area contributed by atoms with E-state index in [0.29, 0.717) is 11.8 Å². The molecular formula is C22H24N6O2. The van der Waals surface area contributed by atoms with Crippen LogP contribution >= 0.6 is 0 Å². The van der Waals surface area contributed by atoms with Gasteiger partial charge in [0.05, 0.1) is 5.56 Å². The molecule has 2 amide bonds. The van der Waals surface area contributed by atoms with E-state index in [1.165, 1.54) is 13.1 Å². The smallest absolute Gasteiger partial charge is 0.254 e. The molecule has 0 saturated carbocycles. The largest absolute Gasteiger partial charge is 0.365 e. The molecule has 0 saturated heterocycles. The molecule has 8 nitrogen and oxygen atoms in total. The maximum atomic E-state index is 11.8. The third kappa shape index (κ3) is 4.91. The minimum Gasteiger partial charge on any atom is -0.365 e. The van der Waals surface area contributed by atoms with Gasteiger partial charge in [-0.2, -0.15) is 4.98 Å². The Morgan fingerprint density at radius 2 is 1.73 bits per heavy atom. The molecule has 0 radical (unpaired) electrons. The Bertz CT molecular complexity index is 1040. The molecule has 1 aromatic heterocycles. The van der Waals surface area contributed by atoms with E-state index in [2.05, 4.69) is 20.6 Å². The number of hydrogen-bond donors (Lipinski definition) is 3. The fraction of sp³-hybridized carbons (Fsp3) is 0.182. The lowest BCUT2D eigenvalue weighted by Crippen LogP contribution is -2.22. The minimum absolute atomic E-state index is 0.0515. The van der Waals surface area contributed by atoms with E-state index in [-0.39, 0.29) is 17.5 Å². The molecule has 4 N–H and O–H groups in total. The maximum absolute atomic E-state index is 11.8. The highest BCUT2D eigenvalue weighted by molar-refractivity contribution is 5.97. The van der Waals surface area contributed by atoms with Gasteiger partial charge in [0.15, 0.2) is 0 Å². The van der Waals surface area contributed by atoms with Crippen LogP contribution < -0.4 is 21.3 Å². The number of nitrogens with zero attached hydrogens (tertiary/aromatic N) is 3. The topological polar surface area (TPSA) is 113 Å². The van der Waals surface area contributed by atoms with Crippen molar-refractivity contribution in [2.75, 3.05) is 22.6 Å². The molecule has 0 unspecified atom stereocenters. The van der Waals surface area contributed by atoms with Crippen LogP contribution in [0.1, 0.15) is 35.8 Å². The first-order chi connectivity index (χ1) is 14.3. The van der Waals surface area contributed by atoms with Crippen LogP contribution in [0.15, 0.2) is 60.8 Å². The third-order valence-corrected chi connectivity index (χ3v) is 4.69. The molecule has 0 aliphatic carbocycles. The molecule has 1 heterocycles. The zero-order valence-electron chi connectivity index (χ0n) is 17.1. The van der Waals surface area contributed by atoms with Crippen LogP contribution in [0.2, 0.25) is 0 Å². The van der Waals surface area contributed by atoms with Crippen molar-refractivity contribution >= 4 is 35.0 Å². The van der Waals surface area contributed by atoms with Crippen molar-refractivity contribution in [3.8, 4) is 0 Å². The van der Waals surface area contributed by atoms with Crippen LogP contribution in [0, 0.1) is 0 Å². The van der Waals surface area contributed by atoms with Gasteiger partial charge in [-0.15, -0.1) is 0 Å². The molecule has 0 fully saturated rings. The van der Waals surface area contributed by atoms with Gasteiger partial charge in [-0.05, 0) is 36.8 Å². The first-order valence-electron chi connectivity index (χ1n) is 9.45. The second kappa shape index (κ2) is 9.04. The first kappa shape index (κ1) is 20.8. The standard InChI is InChI=1S/C22H24N6O2/c1-14(16-7-5-4-6-8-16)25-21-19(20(23)30)13-24-22(27-21)26-17-9-11-18(12-10-17)28(3)15(2)29/h4-14H,1-3H3,(H2,23,30)(H2,24,25,26,27)/t14-/m0/s1. The van der Waals surface area contributed by atoms with Crippen molar-refractivity contribution in [2.45, 2.75) is 19.9 Å². The Labute approximate surface area is 175 Å². The zero-order chi connectivity index (χ0) is 21.7. The minimum atomic E-state index is -0.610. The average Bonchev–Trinajstić information content (AvgIpc) is 2.74. The average molecular weight is 404 g/mol. The lowest BCUT2D eigenvalue weighted by Gasteiger charge is -2.18. The molecule has 0 aliphatic rings. The fourth-order valence-corrected chi connectivity index (χ4v) is 2.84. The van der Waals surface area contributed by atoms with E-state index in [4.69, 9.17) is 5.73 Å². The van der Waals surface area contributed by atoms with Gasteiger partial charge in [0.25, 0.3) is 5.91 Å². The van der Waals surface area contributed by atoms with Crippen molar-refractivity contribution < 1.29 is 9.59 Å². The van der Waals surface area contributed by atoms with Gasteiger partial charge in [0.2, 0.25) is 11.9 Å². The summed E-state index contributed by atoms with van der Waals surface area (Å²) in [6, 6.07) is 17.0. The molecule has 0 spiro atoms. The van der Waals surface area contributed by atoms with E-state index in [9.17, 15) is 9.59 Å². The van der Waals surface area contributed by atoms with Crippen LogP contribution in [-0.2, 0) is 4.79 Å². The predicted molar refractivity (Wildman–Crippen MR) is 118 cm³/mol. The van der Waals surface area contributed by atoms with Crippen LogP contribution in [-0.4, -0.2) is 28.8 Å². The van der Waals surface area contributed by atoms with E-state index < -0.39 is 5.91 Å². The molecule has 0 aliphatic heterocycles.